The molecule has 11 heteroatoms. The maximum Gasteiger partial charge on any atom is 0.314 e. The maximum atomic E-state index is 14.8. The number of nitrogens with zero attached hydrogens (tertiary/aromatic N) is 7. The van der Waals surface area contributed by atoms with Crippen LogP contribution in [0.15, 0.2) is 53.1 Å². The molecule has 2 aromatic carbocycles. The predicted molar refractivity (Wildman–Crippen MR) is 133 cm³/mol. The molecule has 0 radical (unpaired) electrons. The molecule has 0 N–H and O–H groups in total. The summed E-state index contributed by atoms with van der Waals surface area (Å²) >= 11 is 0. The first-order valence-corrected chi connectivity index (χ1v) is 12.9. The highest BCUT2D eigenvalue weighted by Gasteiger charge is 2.46. The second-order valence-electron chi connectivity index (χ2n) is 10.4. The number of hydrogen-bond donors (Lipinski definition) is 0. The molecular weight excluding hydrogens is 495 g/mol. The molecule has 8 nitrogen and oxygen atoms in total. The molecule has 0 unspecified atom stereocenters. The minimum absolute atomic E-state index is 0.157. The molecule has 0 spiro atoms. The van der Waals surface area contributed by atoms with Gasteiger partial charge >= 0.3 is 6.43 Å². The minimum atomic E-state index is -2.88. The molecule has 4 aromatic rings. The van der Waals surface area contributed by atoms with Crippen LogP contribution in [0.25, 0.3) is 22.7 Å². The van der Waals surface area contributed by atoms with Gasteiger partial charge in [-0.3, -0.25) is 4.90 Å². The van der Waals surface area contributed by atoms with E-state index in [1.807, 2.05) is 6.07 Å². The van der Waals surface area contributed by atoms with Gasteiger partial charge in [0.1, 0.15) is 11.5 Å². The Morgan fingerprint density at radius 1 is 0.947 bits per heavy atom. The number of alkyl halides is 2. The zero-order valence-corrected chi connectivity index (χ0v) is 20.6. The topological polar surface area (TPSA) is 76.1 Å². The first kappa shape index (κ1) is 23.4. The van der Waals surface area contributed by atoms with Crippen molar-refractivity contribution in [3.63, 3.8) is 0 Å². The molecule has 0 amide bonds. The van der Waals surface area contributed by atoms with Crippen molar-refractivity contribution < 1.29 is 17.6 Å². The van der Waals surface area contributed by atoms with E-state index < -0.39 is 18.1 Å². The van der Waals surface area contributed by atoms with E-state index in [-0.39, 0.29) is 18.0 Å². The molecule has 1 aliphatic carbocycles. The normalized spacial score (nSPS) is 21.5. The van der Waals surface area contributed by atoms with Gasteiger partial charge in [0.15, 0.2) is 0 Å². The molecular formula is C27H26F3N7O. The third kappa shape index (κ3) is 4.14. The predicted octanol–water partition coefficient (Wildman–Crippen LogP) is 4.94. The standard InChI is InChI=1S/C27H26F3N7O/c28-23-10-17(26-32-33-27(38-26)25(29)30)7-8-18(23)12-35-15-24(31-34-35)16-3-1-6-20(9-16)37-14-21-11-22(37)13-36(21)19-4-2-5-19/h1,3,6-10,15,19,21-22,25H,2,4-5,11-14H2/t21-,22-/m0/s1. The summed E-state index contributed by atoms with van der Waals surface area (Å²) in [6.45, 7) is 2.39. The molecule has 2 atom stereocenters. The Balaban J connectivity index is 1.04. The smallest absolute Gasteiger partial charge is 0.314 e. The summed E-state index contributed by atoms with van der Waals surface area (Å²) in [5, 5.41) is 15.4. The van der Waals surface area contributed by atoms with Crippen LogP contribution in [0.2, 0.25) is 0 Å². The van der Waals surface area contributed by atoms with Gasteiger partial charge in [-0.2, -0.15) is 8.78 Å². The lowest BCUT2D eigenvalue weighted by molar-refractivity contribution is 0.107. The van der Waals surface area contributed by atoms with Gasteiger partial charge in [0.05, 0.1) is 12.7 Å². The molecule has 4 heterocycles. The largest absolute Gasteiger partial charge is 0.415 e. The average molecular weight is 522 g/mol. The van der Waals surface area contributed by atoms with Crippen molar-refractivity contribution in [2.75, 3.05) is 18.0 Å². The number of benzene rings is 2. The van der Waals surface area contributed by atoms with Crippen LogP contribution in [0.5, 0.6) is 0 Å². The lowest BCUT2D eigenvalue weighted by Gasteiger charge is -2.43. The molecule has 3 aliphatic rings. The second-order valence-corrected chi connectivity index (χ2v) is 10.4. The number of fused-ring (bicyclic) bond motifs is 2. The maximum absolute atomic E-state index is 14.8. The summed E-state index contributed by atoms with van der Waals surface area (Å²) in [6.07, 6.45) is 4.23. The number of likely N-dealkylation sites (tertiary alicyclic amines) is 1. The fourth-order valence-electron chi connectivity index (χ4n) is 5.95. The van der Waals surface area contributed by atoms with Gasteiger partial charge < -0.3 is 9.32 Å². The molecule has 196 valence electrons. The summed E-state index contributed by atoms with van der Waals surface area (Å²) in [5.74, 6) is -1.48. The second kappa shape index (κ2) is 9.23. The fourth-order valence-corrected chi connectivity index (χ4v) is 5.95. The van der Waals surface area contributed by atoms with E-state index in [2.05, 4.69) is 48.5 Å². The van der Waals surface area contributed by atoms with Crippen LogP contribution in [0.1, 0.15) is 43.6 Å². The van der Waals surface area contributed by atoms with Gasteiger partial charge in [0.25, 0.3) is 5.89 Å². The van der Waals surface area contributed by atoms with E-state index >= 15 is 0 Å². The monoisotopic (exact) mass is 521 g/mol. The van der Waals surface area contributed by atoms with Crippen molar-refractivity contribution >= 4 is 5.69 Å². The van der Waals surface area contributed by atoms with Crippen molar-refractivity contribution in [1.82, 2.24) is 30.1 Å². The summed E-state index contributed by atoms with van der Waals surface area (Å²) in [7, 11) is 0. The number of hydrogen-bond acceptors (Lipinski definition) is 7. The van der Waals surface area contributed by atoms with Gasteiger partial charge in [0.2, 0.25) is 5.89 Å². The Kier molecular flexibility index (Phi) is 5.68. The Morgan fingerprint density at radius 2 is 1.84 bits per heavy atom. The highest BCUT2D eigenvalue weighted by atomic mass is 19.3. The minimum Gasteiger partial charge on any atom is -0.415 e. The van der Waals surface area contributed by atoms with Crippen molar-refractivity contribution in [2.24, 2.45) is 0 Å². The Hall–Kier alpha value is -3.73. The van der Waals surface area contributed by atoms with E-state index in [4.69, 9.17) is 4.42 Å². The van der Waals surface area contributed by atoms with Crippen molar-refractivity contribution in [3.05, 3.63) is 65.9 Å². The first-order chi connectivity index (χ1) is 18.5. The van der Waals surface area contributed by atoms with Gasteiger partial charge in [-0.05, 0) is 43.5 Å². The van der Waals surface area contributed by atoms with E-state index in [1.165, 1.54) is 37.4 Å². The van der Waals surface area contributed by atoms with Crippen LogP contribution in [-0.2, 0) is 6.54 Å². The van der Waals surface area contributed by atoms with Gasteiger partial charge in [-0.15, -0.1) is 15.3 Å². The van der Waals surface area contributed by atoms with Crippen LogP contribution in [-0.4, -0.2) is 61.3 Å². The lowest BCUT2D eigenvalue weighted by atomic mass is 9.91. The number of piperazine rings is 1. The van der Waals surface area contributed by atoms with Gasteiger partial charge in [0, 0.05) is 53.6 Å². The van der Waals surface area contributed by atoms with E-state index in [1.54, 1.807) is 23.0 Å². The summed E-state index contributed by atoms with van der Waals surface area (Å²) in [4.78, 5) is 5.26. The van der Waals surface area contributed by atoms with Crippen LogP contribution in [0, 0.1) is 5.82 Å². The Bertz CT molecular complexity index is 1470. The number of aromatic nitrogens is 5. The third-order valence-corrected chi connectivity index (χ3v) is 8.10. The van der Waals surface area contributed by atoms with E-state index in [0.717, 1.165) is 30.4 Å². The number of halogens is 3. The molecule has 2 aliphatic heterocycles. The van der Waals surface area contributed by atoms with E-state index in [0.29, 0.717) is 17.6 Å². The van der Waals surface area contributed by atoms with Gasteiger partial charge in [-0.1, -0.05) is 29.8 Å². The summed E-state index contributed by atoms with van der Waals surface area (Å²) in [5.41, 5.74) is 3.49. The number of anilines is 1. The van der Waals surface area contributed by atoms with Crippen molar-refractivity contribution in [2.45, 2.75) is 56.8 Å². The quantitative estimate of drug-likeness (QED) is 0.341. The molecule has 3 fully saturated rings. The van der Waals surface area contributed by atoms with Crippen LogP contribution >= 0.6 is 0 Å². The lowest BCUT2D eigenvalue weighted by Crippen LogP contribution is -2.52. The van der Waals surface area contributed by atoms with E-state index in [9.17, 15) is 13.2 Å². The van der Waals surface area contributed by atoms with Crippen molar-refractivity contribution in [3.8, 4) is 22.7 Å². The zero-order chi connectivity index (χ0) is 25.8. The molecule has 2 aromatic heterocycles. The summed E-state index contributed by atoms with van der Waals surface area (Å²) in [6, 6.07) is 14.7. The Labute approximate surface area is 217 Å². The third-order valence-electron chi connectivity index (χ3n) is 8.10. The highest BCUT2D eigenvalue weighted by Crippen LogP contribution is 2.40. The van der Waals surface area contributed by atoms with Crippen molar-refractivity contribution in [1.29, 1.82) is 0 Å². The van der Waals surface area contributed by atoms with Gasteiger partial charge in [-0.25, -0.2) is 9.07 Å². The number of rotatable bonds is 7. The molecule has 2 bridgehead atoms. The SMILES string of the molecule is Fc1cc(-c2nnc(C(F)F)o2)ccc1Cn1cc(-c2cccc(N3C[C@@H]4C[C@H]3CN4C3CCC3)c2)nn1. The summed E-state index contributed by atoms with van der Waals surface area (Å²) < 4.78 is 46.7. The van der Waals surface area contributed by atoms with Crippen LogP contribution in [0.3, 0.4) is 0 Å². The molecule has 1 saturated carbocycles. The van der Waals surface area contributed by atoms with Crippen LogP contribution in [0.4, 0.5) is 18.9 Å². The highest BCUT2D eigenvalue weighted by molar-refractivity contribution is 5.66. The Morgan fingerprint density at radius 3 is 2.55 bits per heavy atom. The zero-order valence-electron chi connectivity index (χ0n) is 20.6. The fraction of sp³-hybridized carbons (Fsp3) is 0.407. The molecule has 2 saturated heterocycles. The first-order valence-electron chi connectivity index (χ1n) is 12.9. The van der Waals surface area contributed by atoms with Crippen LogP contribution < -0.4 is 4.90 Å². The average Bonchev–Trinajstić information content (AvgIpc) is 3.68. The molecule has 38 heavy (non-hydrogen) atoms. The molecule has 7 rings (SSSR count).